The highest BCUT2D eigenvalue weighted by atomic mass is 79.9. The van der Waals surface area contributed by atoms with E-state index in [2.05, 4.69) is 52.4 Å². The van der Waals surface area contributed by atoms with E-state index in [1.807, 2.05) is 0 Å². The van der Waals surface area contributed by atoms with E-state index < -0.39 is 0 Å². The summed E-state index contributed by atoms with van der Waals surface area (Å²) in [5.41, 5.74) is 1.40. The minimum Gasteiger partial charge on any atom is -0.310 e. The number of nitrogens with one attached hydrogen (secondary N) is 1. The fourth-order valence-corrected chi connectivity index (χ4v) is 2.51. The molecule has 0 aliphatic carbocycles. The molecule has 0 amide bonds. The van der Waals surface area contributed by atoms with Gasteiger partial charge in [-0.1, -0.05) is 41.1 Å². The van der Waals surface area contributed by atoms with Crippen molar-refractivity contribution in [3.8, 4) is 0 Å². The highest BCUT2D eigenvalue weighted by Crippen LogP contribution is 2.33. The molecule has 0 unspecified atom stereocenters. The second-order valence-electron chi connectivity index (χ2n) is 3.72. The van der Waals surface area contributed by atoms with Gasteiger partial charge in [-0.3, -0.25) is 0 Å². The molecule has 2 rings (SSSR count). The molecule has 1 saturated heterocycles. The third-order valence-corrected chi connectivity index (χ3v) is 3.50. The molecular formula is C11H14BrN. The van der Waals surface area contributed by atoms with Crippen molar-refractivity contribution in [3.63, 3.8) is 0 Å². The van der Waals surface area contributed by atoms with Crippen molar-refractivity contribution < 1.29 is 0 Å². The zero-order chi connectivity index (χ0) is 9.26. The topological polar surface area (TPSA) is 12.0 Å². The molecule has 1 aliphatic heterocycles. The molecule has 0 radical (unpaired) electrons. The molecule has 2 atom stereocenters. The Bertz CT molecular complexity index is 298. The summed E-state index contributed by atoms with van der Waals surface area (Å²) in [5.74, 6) is 0.749. The van der Waals surface area contributed by atoms with Crippen molar-refractivity contribution in [1.82, 2.24) is 5.32 Å². The Labute approximate surface area is 87.7 Å². The lowest BCUT2D eigenvalue weighted by atomic mass is 9.96. The van der Waals surface area contributed by atoms with Crippen LogP contribution < -0.4 is 5.32 Å². The summed E-state index contributed by atoms with van der Waals surface area (Å²) in [5, 5.41) is 3.53. The van der Waals surface area contributed by atoms with Crippen molar-refractivity contribution in [3.05, 3.63) is 34.3 Å². The second kappa shape index (κ2) is 3.81. The van der Waals surface area contributed by atoms with Crippen LogP contribution in [0.5, 0.6) is 0 Å². The summed E-state index contributed by atoms with van der Waals surface area (Å²) in [7, 11) is 0. The summed E-state index contributed by atoms with van der Waals surface area (Å²) < 4.78 is 1.22. The fourth-order valence-electron chi connectivity index (χ4n) is 1.98. The van der Waals surface area contributed by atoms with Gasteiger partial charge in [-0.25, -0.2) is 0 Å². The van der Waals surface area contributed by atoms with Crippen molar-refractivity contribution in [2.45, 2.75) is 19.4 Å². The smallest absolute Gasteiger partial charge is 0.0357 e. The van der Waals surface area contributed by atoms with Crippen LogP contribution in [0.2, 0.25) is 0 Å². The lowest BCUT2D eigenvalue weighted by Gasteiger charge is -2.17. The number of halogens is 1. The minimum atomic E-state index is 0.538. The number of hydrogen-bond donors (Lipinski definition) is 1. The van der Waals surface area contributed by atoms with Crippen molar-refractivity contribution in [1.29, 1.82) is 0 Å². The van der Waals surface area contributed by atoms with Gasteiger partial charge in [-0.2, -0.15) is 0 Å². The van der Waals surface area contributed by atoms with Crippen LogP contribution in [0.4, 0.5) is 0 Å². The second-order valence-corrected chi connectivity index (χ2v) is 4.57. The van der Waals surface area contributed by atoms with Gasteiger partial charge in [0.15, 0.2) is 0 Å². The third kappa shape index (κ3) is 1.79. The van der Waals surface area contributed by atoms with Crippen LogP contribution in [-0.4, -0.2) is 6.54 Å². The Morgan fingerprint density at radius 1 is 1.38 bits per heavy atom. The molecule has 1 fully saturated rings. The summed E-state index contributed by atoms with van der Waals surface area (Å²) in [6.45, 7) is 3.46. The van der Waals surface area contributed by atoms with Crippen LogP contribution in [0.15, 0.2) is 28.7 Å². The van der Waals surface area contributed by atoms with E-state index in [1.54, 1.807) is 0 Å². The molecule has 0 bridgehead atoms. The van der Waals surface area contributed by atoms with E-state index in [0.717, 1.165) is 12.5 Å². The van der Waals surface area contributed by atoms with E-state index in [1.165, 1.54) is 16.5 Å². The third-order valence-electron chi connectivity index (χ3n) is 2.77. The highest BCUT2D eigenvalue weighted by Gasteiger charge is 2.25. The average Bonchev–Trinajstić information content (AvgIpc) is 2.52. The van der Waals surface area contributed by atoms with Gasteiger partial charge in [-0.05, 0) is 30.5 Å². The monoisotopic (exact) mass is 239 g/mol. The zero-order valence-corrected chi connectivity index (χ0v) is 9.34. The van der Waals surface area contributed by atoms with Gasteiger partial charge >= 0.3 is 0 Å². The average molecular weight is 240 g/mol. The predicted molar refractivity (Wildman–Crippen MR) is 58.7 cm³/mol. The van der Waals surface area contributed by atoms with E-state index in [9.17, 15) is 0 Å². The normalized spacial score (nSPS) is 27.8. The number of benzene rings is 1. The van der Waals surface area contributed by atoms with Crippen molar-refractivity contribution in [2.24, 2.45) is 5.92 Å². The van der Waals surface area contributed by atoms with E-state index in [-0.39, 0.29) is 0 Å². The van der Waals surface area contributed by atoms with Crippen molar-refractivity contribution >= 4 is 15.9 Å². The van der Waals surface area contributed by atoms with Crippen LogP contribution >= 0.6 is 15.9 Å². The van der Waals surface area contributed by atoms with Gasteiger partial charge < -0.3 is 5.32 Å². The maximum Gasteiger partial charge on any atom is 0.0357 e. The molecule has 1 N–H and O–H groups in total. The maximum absolute atomic E-state index is 3.59. The zero-order valence-electron chi connectivity index (χ0n) is 7.76. The Balaban J connectivity index is 2.29. The van der Waals surface area contributed by atoms with Crippen LogP contribution in [0.3, 0.4) is 0 Å². The van der Waals surface area contributed by atoms with Crippen LogP contribution in [-0.2, 0) is 0 Å². The van der Waals surface area contributed by atoms with Crippen LogP contribution in [0.1, 0.15) is 24.9 Å². The summed E-state index contributed by atoms with van der Waals surface area (Å²) in [6.07, 6.45) is 1.28. The summed E-state index contributed by atoms with van der Waals surface area (Å²) in [6, 6.07) is 9.02. The van der Waals surface area contributed by atoms with E-state index in [0.29, 0.717) is 6.04 Å². The molecular weight excluding hydrogens is 226 g/mol. The standard InChI is InChI=1S/C11H14BrN/c1-8-6-7-13-11(8)9-4-2-3-5-10(9)12/h2-5,8,11,13H,6-7H2,1H3/t8-,11-/m0/s1. The lowest BCUT2D eigenvalue weighted by Crippen LogP contribution is -2.16. The molecule has 0 saturated carbocycles. The Kier molecular flexibility index (Phi) is 2.70. The van der Waals surface area contributed by atoms with Gasteiger partial charge in [0.2, 0.25) is 0 Å². The summed E-state index contributed by atoms with van der Waals surface area (Å²) in [4.78, 5) is 0. The number of hydrogen-bond acceptors (Lipinski definition) is 1. The first-order chi connectivity index (χ1) is 6.29. The van der Waals surface area contributed by atoms with Gasteiger partial charge in [0.25, 0.3) is 0 Å². The van der Waals surface area contributed by atoms with Crippen molar-refractivity contribution in [2.75, 3.05) is 6.54 Å². The highest BCUT2D eigenvalue weighted by molar-refractivity contribution is 9.10. The molecule has 2 heteroatoms. The fraction of sp³-hybridized carbons (Fsp3) is 0.455. The molecule has 1 aromatic rings. The molecule has 1 aliphatic rings. The molecule has 0 spiro atoms. The Hall–Kier alpha value is -0.340. The van der Waals surface area contributed by atoms with Gasteiger partial charge in [0, 0.05) is 10.5 Å². The maximum atomic E-state index is 3.59. The molecule has 0 aromatic heterocycles. The first-order valence-electron chi connectivity index (χ1n) is 4.77. The summed E-state index contributed by atoms with van der Waals surface area (Å²) >= 11 is 3.59. The first kappa shape index (κ1) is 9.22. The van der Waals surface area contributed by atoms with Gasteiger partial charge in [-0.15, -0.1) is 0 Å². The largest absolute Gasteiger partial charge is 0.310 e. The Morgan fingerprint density at radius 3 is 2.77 bits per heavy atom. The van der Waals surface area contributed by atoms with Crippen LogP contribution in [0.25, 0.3) is 0 Å². The molecule has 1 heterocycles. The van der Waals surface area contributed by atoms with E-state index >= 15 is 0 Å². The SMILES string of the molecule is C[C@H]1CCN[C@@H]1c1ccccc1Br. The molecule has 1 nitrogen and oxygen atoms in total. The first-order valence-corrected chi connectivity index (χ1v) is 5.56. The molecule has 70 valence electrons. The predicted octanol–water partition coefficient (Wildman–Crippen LogP) is 3.12. The Morgan fingerprint density at radius 2 is 2.15 bits per heavy atom. The quantitative estimate of drug-likeness (QED) is 0.795. The van der Waals surface area contributed by atoms with Gasteiger partial charge in [0.05, 0.1) is 0 Å². The minimum absolute atomic E-state index is 0.538. The lowest BCUT2D eigenvalue weighted by molar-refractivity contribution is 0.502. The molecule has 1 aromatic carbocycles. The number of rotatable bonds is 1. The van der Waals surface area contributed by atoms with Crippen LogP contribution in [0, 0.1) is 5.92 Å². The van der Waals surface area contributed by atoms with Gasteiger partial charge in [0.1, 0.15) is 0 Å². The van der Waals surface area contributed by atoms with E-state index in [4.69, 9.17) is 0 Å². The molecule has 13 heavy (non-hydrogen) atoms.